The van der Waals surface area contributed by atoms with Gasteiger partial charge in [-0.25, -0.2) is 0 Å². The molecule has 0 spiro atoms. The first kappa shape index (κ1) is 25.6. The van der Waals surface area contributed by atoms with Crippen LogP contribution in [0.25, 0.3) is 0 Å². The van der Waals surface area contributed by atoms with Crippen LogP contribution in [0.5, 0.6) is 11.5 Å². The fourth-order valence-corrected chi connectivity index (χ4v) is 3.51. The highest BCUT2D eigenvalue weighted by Crippen LogP contribution is 2.32. The smallest absolute Gasteiger partial charge is 0.195 e. The summed E-state index contributed by atoms with van der Waals surface area (Å²) >= 11 is 0. The lowest BCUT2D eigenvalue weighted by Crippen LogP contribution is -2.32. The van der Waals surface area contributed by atoms with Gasteiger partial charge in [-0.3, -0.25) is 9.67 Å². The van der Waals surface area contributed by atoms with E-state index in [-0.39, 0.29) is 24.0 Å². The third-order valence-corrected chi connectivity index (χ3v) is 5.47. The van der Waals surface area contributed by atoms with Gasteiger partial charge < -0.3 is 24.8 Å². The van der Waals surface area contributed by atoms with Crippen molar-refractivity contribution in [3.05, 3.63) is 36.2 Å². The summed E-state index contributed by atoms with van der Waals surface area (Å²) in [5.41, 5.74) is 2.17. The Morgan fingerprint density at radius 1 is 1.21 bits per heavy atom. The minimum absolute atomic E-state index is 0. The number of hydrogen-bond acceptors (Lipinski definition) is 5. The highest BCUT2D eigenvalue weighted by molar-refractivity contribution is 14.0. The fourth-order valence-electron chi connectivity index (χ4n) is 3.51. The minimum atomic E-state index is 0. The molecule has 1 fully saturated rings. The minimum Gasteiger partial charge on any atom is -0.490 e. The first-order valence-electron chi connectivity index (χ1n) is 11.8. The SMILES string of the molecule is Cn1cc(CCCN=C(NCCCOCC2CC2)Nc2ccc3c(c2)OCCCO3)cn1.I. The number of guanidine groups is 1. The van der Waals surface area contributed by atoms with Crippen molar-refractivity contribution in [2.24, 2.45) is 18.0 Å². The lowest BCUT2D eigenvalue weighted by Gasteiger charge is -2.15. The van der Waals surface area contributed by atoms with Gasteiger partial charge >= 0.3 is 0 Å². The summed E-state index contributed by atoms with van der Waals surface area (Å²) in [6.07, 6.45) is 10.4. The molecule has 1 aliphatic carbocycles. The van der Waals surface area contributed by atoms with Crippen molar-refractivity contribution in [1.29, 1.82) is 0 Å². The van der Waals surface area contributed by atoms with E-state index < -0.39 is 0 Å². The predicted octanol–water partition coefficient (Wildman–Crippen LogP) is 4.01. The summed E-state index contributed by atoms with van der Waals surface area (Å²) in [5.74, 6) is 3.15. The third kappa shape index (κ3) is 9.04. The summed E-state index contributed by atoms with van der Waals surface area (Å²) in [6.45, 7) is 4.59. The van der Waals surface area contributed by atoms with Crippen LogP contribution in [0.3, 0.4) is 0 Å². The van der Waals surface area contributed by atoms with Crippen molar-refractivity contribution in [2.45, 2.75) is 38.5 Å². The van der Waals surface area contributed by atoms with Gasteiger partial charge in [-0.1, -0.05) is 0 Å². The standard InChI is InChI=1S/C24H35N5O3.HI/c1-29-17-20(16-27-29)5-2-10-25-24(26-11-3-12-30-18-19-6-7-19)28-21-8-9-22-23(15-21)32-14-4-13-31-22;/h8-9,15-17,19H,2-7,10-14,18H2,1H3,(H2,25,26,28);1H. The largest absolute Gasteiger partial charge is 0.490 e. The molecular formula is C24H36IN5O3. The second-order valence-electron chi connectivity index (χ2n) is 8.49. The first-order chi connectivity index (χ1) is 15.8. The molecule has 0 atom stereocenters. The summed E-state index contributed by atoms with van der Waals surface area (Å²) < 4.78 is 19.1. The van der Waals surface area contributed by atoms with Crippen LogP contribution in [-0.2, 0) is 18.2 Å². The number of halogens is 1. The van der Waals surface area contributed by atoms with Crippen LogP contribution in [-0.4, -0.2) is 55.3 Å². The monoisotopic (exact) mass is 569 g/mol. The van der Waals surface area contributed by atoms with Crippen molar-refractivity contribution in [2.75, 3.05) is 44.8 Å². The number of rotatable bonds is 11. The number of nitrogens with one attached hydrogen (secondary N) is 2. The maximum Gasteiger partial charge on any atom is 0.195 e. The van der Waals surface area contributed by atoms with Crippen LogP contribution < -0.4 is 20.1 Å². The summed E-state index contributed by atoms with van der Waals surface area (Å²) in [4.78, 5) is 4.78. The number of nitrogens with zero attached hydrogens (tertiary/aromatic N) is 3. The van der Waals surface area contributed by atoms with Gasteiger partial charge in [0.1, 0.15) is 0 Å². The number of aryl methyl sites for hydroxylation is 2. The van der Waals surface area contributed by atoms with E-state index in [4.69, 9.17) is 19.2 Å². The molecule has 1 aromatic heterocycles. The van der Waals surface area contributed by atoms with Crippen LogP contribution in [0.1, 0.15) is 37.7 Å². The summed E-state index contributed by atoms with van der Waals surface area (Å²) in [7, 11) is 1.94. The lowest BCUT2D eigenvalue weighted by molar-refractivity contribution is 0.123. The first-order valence-corrected chi connectivity index (χ1v) is 11.8. The van der Waals surface area contributed by atoms with Gasteiger partial charge in [0.15, 0.2) is 17.5 Å². The maximum absolute atomic E-state index is 5.82. The molecule has 2 heterocycles. The molecule has 182 valence electrons. The van der Waals surface area contributed by atoms with E-state index in [0.29, 0.717) is 13.2 Å². The third-order valence-electron chi connectivity index (χ3n) is 5.47. The quantitative estimate of drug-likeness (QED) is 0.184. The Morgan fingerprint density at radius 2 is 2.06 bits per heavy atom. The number of ether oxygens (including phenoxy) is 3. The average molecular weight is 569 g/mol. The number of benzene rings is 1. The van der Waals surface area contributed by atoms with Gasteiger partial charge in [0.25, 0.3) is 0 Å². The number of fused-ring (bicyclic) bond motifs is 1. The Bertz CT molecular complexity index is 885. The van der Waals surface area contributed by atoms with Crippen LogP contribution >= 0.6 is 24.0 Å². The Morgan fingerprint density at radius 3 is 2.85 bits per heavy atom. The molecule has 1 aromatic carbocycles. The van der Waals surface area contributed by atoms with Crippen LogP contribution in [0.2, 0.25) is 0 Å². The van der Waals surface area contributed by atoms with E-state index in [2.05, 4.69) is 21.9 Å². The zero-order chi connectivity index (χ0) is 22.0. The molecule has 1 aliphatic heterocycles. The summed E-state index contributed by atoms with van der Waals surface area (Å²) in [5, 5.41) is 11.1. The molecule has 9 heteroatoms. The van der Waals surface area contributed by atoms with E-state index >= 15 is 0 Å². The molecule has 0 unspecified atom stereocenters. The number of aromatic nitrogens is 2. The normalized spacial score (nSPS) is 15.5. The summed E-state index contributed by atoms with van der Waals surface area (Å²) in [6, 6.07) is 5.93. The molecule has 33 heavy (non-hydrogen) atoms. The molecule has 0 amide bonds. The van der Waals surface area contributed by atoms with Crippen molar-refractivity contribution >= 4 is 35.6 Å². The molecular weight excluding hydrogens is 533 g/mol. The van der Waals surface area contributed by atoms with Crippen molar-refractivity contribution in [3.63, 3.8) is 0 Å². The van der Waals surface area contributed by atoms with Gasteiger partial charge in [-0.15, -0.1) is 24.0 Å². The van der Waals surface area contributed by atoms with Gasteiger partial charge in [-0.2, -0.15) is 5.10 Å². The lowest BCUT2D eigenvalue weighted by atomic mass is 10.2. The maximum atomic E-state index is 5.82. The van der Waals surface area contributed by atoms with Gasteiger partial charge in [0.05, 0.1) is 19.4 Å². The zero-order valence-corrected chi connectivity index (χ0v) is 21.8. The Kier molecular flexibility index (Phi) is 10.6. The van der Waals surface area contributed by atoms with Gasteiger partial charge in [0, 0.05) is 57.7 Å². The van der Waals surface area contributed by atoms with Gasteiger partial charge in [-0.05, 0) is 55.7 Å². The van der Waals surface area contributed by atoms with E-state index in [1.54, 1.807) is 0 Å². The van der Waals surface area contributed by atoms with E-state index in [0.717, 1.165) is 81.1 Å². The zero-order valence-electron chi connectivity index (χ0n) is 19.4. The second-order valence-corrected chi connectivity index (χ2v) is 8.49. The Balaban J connectivity index is 0.00000306. The molecule has 2 aliphatic rings. The predicted molar refractivity (Wildman–Crippen MR) is 141 cm³/mol. The fraction of sp³-hybridized carbons (Fsp3) is 0.583. The molecule has 0 saturated heterocycles. The molecule has 4 rings (SSSR count). The highest BCUT2D eigenvalue weighted by Gasteiger charge is 2.20. The van der Waals surface area contributed by atoms with Crippen LogP contribution in [0.15, 0.2) is 35.6 Å². The number of anilines is 1. The molecule has 2 aromatic rings. The molecule has 0 bridgehead atoms. The van der Waals surface area contributed by atoms with E-state index in [1.165, 1.54) is 18.4 Å². The number of aliphatic imine (C=N–C) groups is 1. The highest BCUT2D eigenvalue weighted by atomic mass is 127. The number of hydrogen-bond donors (Lipinski definition) is 2. The van der Waals surface area contributed by atoms with Crippen molar-refractivity contribution < 1.29 is 14.2 Å². The molecule has 2 N–H and O–H groups in total. The van der Waals surface area contributed by atoms with E-state index in [1.807, 2.05) is 36.1 Å². The Labute approximate surface area is 213 Å². The Hall–Kier alpha value is -2.01. The average Bonchev–Trinajstić information content (AvgIpc) is 3.57. The van der Waals surface area contributed by atoms with Crippen LogP contribution in [0, 0.1) is 5.92 Å². The van der Waals surface area contributed by atoms with Crippen molar-refractivity contribution in [3.8, 4) is 11.5 Å². The van der Waals surface area contributed by atoms with Crippen LogP contribution in [0.4, 0.5) is 5.69 Å². The van der Waals surface area contributed by atoms with E-state index in [9.17, 15) is 0 Å². The molecule has 1 saturated carbocycles. The molecule has 0 radical (unpaired) electrons. The topological polar surface area (TPSA) is 81.9 Å². The second kappa shape index (κ2) is 13.6. The van der Waals surface area contributed by atoms with Gasteiger partial charge in [0.2, 0.25) is 0 Å². The molecule has 8 nitrogen and oxygen atoms in total. The van der Waals surface area contributed by atoms with Crippen molar-refractivity contribution in [1.82, 2.24) is 15.1 Å².